The Morgan fingerprint density at radius 2 is 2.07 bits per heavy atom. The maximum Gasteiger partial charge on any atom is 0.254 e. The van der Waals surface area contributed by atoms with Crippen LogP contribution < -0.4 is 11.1 Å². The van der Waals surface area contributed by atoms with Crippen molar-refractivity contribution in [2.75, 3.05) is 5.73 Å². The number of anilines is 1. The molecule has 0 saturated heterocycles. The topological polar surface area (TPSA) is 55.1 Å². The quantitative estimate of drug-likeness (QED) is 0.643. The minimum Gasteiger partial charge on any atom is -0.396 e. The molecule has 0 atom stereocenters. The highest BCUT2D eigenvalue weighted by Crippen LogP contribution is 2.27. The van der Waals surface area contributed by atoms with Crippen LogP contribution in [0.5, 0.6) is 0 Å². The molecule has 3 nitrogen and oxygen atoms in total. The SMILES string of the molecule is CC.Cc1cc(F)c(N)c2c1CNC2=O. The van der Waals surface area contributed by atoms with Crippen molar-refractivity contribution in [1.29, 1.82) is 0 Å². The lowest BCUT2D eigenvalue weighted by atomic mass is 10.0. The van der Waals surface area contributed by atoms with Crippen molar-refractivity contribution in [3.63, 3.8) is 0 Å². The van der Waals surface area contributed by atoms with Crippen molar-refractivity contribution in [1.82, 2.24) is 5.32 Å². The van der Waals surface area contributed by atoms with Crippen LogP contribution in [-0.4, -0.2) is 5.91 Å². The summed E-state index contributed by atoms with van der Waals surface area (Å²) < 4.78 is 13.1. The molecule has 0 unspecified atom stereocenters. The number of carbonyl (C=O) groups excluding carboxylic acids is 1. The van der Waals surface area contributed by atoms with Crippen LogP contribution in [0, 0.1) is 12.7 Å². The Balaban J connectivity index is 0.000000531. The van der Waals surface area contributed by atoms with Gasteiger partial charge in [-0.25, -0.2) is 4.39 Å². The summed E-state index contributed by atoms with van der Waals surface area (Å²) in [5.74, 6) is -0.802. The first-order chi connectivity index (χ1) is 7.11. The summed E-state index contributed by atoms with van der Waals surface area (Å²) >= 11 is 0. The van der Waals surface area contributed by atoms with Gasteiger partial charge in [-0.1, -0.05) is 13.8 Å². The lowest BCUT2D eigenvalue weighted by Gasteiger charge is -2.05. The van der Waals surface area contributed by atoms with Gasteiger partial charge in [0.2, 0.25) is 0 Å². The third-order valence-corrected chi connectivity index (χ3v) is 2.30. The van der Waals surface area contributed by atoms with Crippen LogP contribution in [0.15, 0.2) is 6.07 Å². The van der Waals surface area contributed by atoms with Crippen LogP contribution in [0.25, 0.3) is 0 Å². The minimum atomic E-state index is -0.520. The standard InChI is InChI=1S/C9H9FN2O.C2H6/c1-4-2-6(10)8(11)7-5(4)3-12-9(7)13;1-2/h2H,3,11H2,1H3,(H,12,13);1-2H3. The molecule has 1 heterocycles. The van der Waals surface area contributed by atoms with Crippen molar-refractivity contribution in [3.05, 3.63) is 28.6 Å². The van der Waals surface area contributed by atoms with Gasteiger partial charge in [-0.2, -0.15) is 0 Å². The number of benzene rings is 1. The molecule has 0 spiro atoms. The summed E-state index contributed by atoms with van der Waals surface area (Å²) in [6.45, 7) is 6.21. The maximum atomic E-state index is 13.1. The predicted molar refractivity (Wildman–Crippen MR) is 58.1 cm³/mol. The molecular weight excluding hydrogens is 195 g/mol. The van der Waals surface area contributed by atoms with Gasteiger partial charge < -0.3 is 11.1 Å². The molecule has 0 fully saturated rings. The van der Waals surface area contributed by atoms with Gasteiger partial charge in [0.15, 0.2) is 0 Å². The van der Waals surface area contributed by atoms with Crippen LogP contribution in [0.2, 0.25) is 0 Å². The second-order valence-corrected chi connectivity index (χ2v) is 3.13. The van der Waals surface area contributed by atoms with Gasteiger partial charge in [-0.3, -0.25) is 4.79 Å². The van der Waals surface area contributed by atoms with Crippen molar-refractivity contribution in [3.8, 4) is 0 Å². The first-order valence-electron chi connectivity index (χ1n) is 4.97. The van der Waals surface area contributed by atoms with Gasteiger partial charge in [0.1, 0.15) is 5.82 Å². The van der Waals surface area contributed by atoms with E-state index in [9.17, 15) is 9.18 Å². The zero-order valence-corrected chi connectivity index (χ0v) is 9.15. The second kappa shape index (κ2) is 4.29. The van der Waals surface area contributed by atoms with E-state index in [0.717, 1.165) is 11.1 Å². The van der Waals surface area contributed by atoms with Crippen molar-refractivity contribution < 1.29 is 9.18 Å². The van der Waals surface area contributed by atoms with Gasteiger partial charge in [0.05, 0.1) is 11.3 Å². The summed E-state index contributed by atoms with van der Waals surface area (Å²) in [7, 11) is 0. The van der Waals surface area contributed by atoms with Crippen molar-refractivity contribution >= 4 is 11.6 Å². The summed E-state index contributed by atoms with van der Waals surface area (Å²) in [6, 6.07) is 1.36. The van der Waals surface area contributed by atoms with E-state index in [2.05, 4.69) is 5.32 Å². The van der Waals surface area contributed by atoms with E-state index in [0.29, 0.717) is 12.1 Å². The lowest BCUT2D eigenvalue weighted by molar-refractivity contribution is 0.0966. The number of fused-ring (bicyclic) bond motifs is 1. The number of nitrogens with two attached hydrogens (primary N) is 1. The molecule has 82 valence electrons. The number of rotatable bonds is 0. The predicted octanol–water partition coefficient (Wildman–Crippen LogP) is 1.99. The summed E-state index contributed by atoms with van der Waals surface area (Å²) in [6.07, 6.45) is 0. The second-order valence-electron chi connectivity index (χ2n) is 3.13. The Kier molecular flexibility index (Phi) is 3.29. The van der Waals surface area contributed by atoms with E-state index >= 15 is 0 Å². The first kappa shape index (κ1) is 11.5. The summed E-state index contributed by atoms with van der Waals surface area (Å²) in [4.78, 5) is 11.2. The summed E-state index contributed by atoms with van der Waals surface area (Å²) in [5, 5.41) is 2.61. The number of nitrogens with one attached hydrogen (secondary N) is 1. The van der Waals surface area contributed by atoms with Crippen LogP contribution in [0.3, 0.4) is 0 Å². The molecule has 4 heteroatoms. The summed E-state index contributed by atoms with van der Waals surface area (Å²) in [5.41, 5.74) is 7.29. The molecule has 3 N–H and O–H groups in total. The Bertz CT molecular complexity index is 402. The Morgan fingerprint density at radius 1 is 1.47 bits per heavy atom. The fourth-order valence-electron chi connectivity index (χ4n) is 1.58. The fourth-order valence-corrected chi connectivity index (χ4v) is 1.58. The fraction of sp³-hybridized carbons (Fsp3) is 0.364. The monoisotopic (exact) mass is 210 g/mol. The normalized spacial score (nSPS) is 12.7. The van der Waals surface area contributed by atoms with Crippen LogP contribution in [0.4, 0.5) is 10.1 Å². The van der Waals surface area contributed by atoms with Gasteiger partial charge in [-0.05, 0) is 24.1 Å². The Morgan fingerprint density at radius 3 is 2.67 bits per heavy atom. The lowest BCUT2D eigenvalue weighted by Crippen LogP contribution is -2.14. The van der Waals surface area contributed by atoms with Crippen LogP contribution >= 0.6 is 0 Å². The molecule has 1 aliphatic heterocycles. The number of halogens is 1. The third kappa shape index (κ3) is 1.79. The highest BCUT2D eigenvalue weighted by molar-refractivity contribution is 6.03. The highest BCUT2D eigenvalue weighted by atomic mass is 19.1. The zero-order chi connectivity index (χ0) is 11.6. The van der Waals surface area contributed by atoms with Crippen molar-refractivity contribution in [2.45, 2.75) is 27.3 Å². The molecule has 1 aromatic carbocycles. The van der Waals surface area contributed by atoms with Gasteiger partial charge in [0.25, 0.3) is 5.91 Å². The molecule has 0 radical (unpaired) electrons. The van der Waals surface area contributed by atoms with E-state index < -0.39 is 5.82 Å². The van der Waals surface area contributed by atoms with E-state index in [1.807, 2.05) is 13.8 Å². The smallest absolute Gasteiger partial charge is 0.254 e. The average Bonchev–Trinajstić information content (AvgIpc) is 2.61. The van der Waals surface area contributed by atoms with E-state index in [-0.39, 0.29) is 11.6 Å². The Labute approximate surface area is 88.5 Å². The van der Waals surface area contributed by atoms with Crippen LogP contribution in [0.1, 0.15) is 35.3 Å². The van der Waals surface area contributed by atoms with Gasteiger partial charge in [-0.15, -0.1) is 0 Å². The first-order valence-corrected chi connectivity index (χ1v) is 4.97. The largest absolute Gasteiger partial charge is 0.396 e. The molecular formula is C11H15FN2O. The van der Waals surface area contributed by atoms with E-state index in [4.69, 9.17) is 5.73 Å². The molecule has 1 aromatic rings. The molecule has 1 aliphatic rings. The Hall–Kier alpha value is -1.58. The van der Waals surface area contributed by atoms with Gasteiger partial charge in [0, 0.05) is 6.54 Å². The number of hydrogen-bond acceptors (Lipinski definition) is 2. The molecule has 0 saturated carbocycles. The molecule has 15 heavy (non-hydrogen) atoms. The van der Waals surface area contributed by atoms with Crippen molar-refractivity contribution in [2.24, 2.45) is 0 Å². The average molecular weight is 210 g/mol. The number of nitrogen functional groups attached to an aromatic ring is 1. The third-order valence-electron chi connectivity index (χ3n) is 2.30. The highest BCUT2D eigenvalue weighted by Gasteiger charge is 2.25. The molecule has 1 amide bonds. The zero-order valence-electron chi connectivity index (χ0n) is 9.15. The number of carbonyl (C=O) groups is 1. The minimum absolute atomic E-state index is 0.0457. The van der Waals surface area contributed by atoms with Gasteiger partial charge >= 0.3 is 0 Å². The molecule has 0 aromatic heterocycles. The van der Waals surface area contributed by atoms with Crippen LogP contribution in [-0.2, 0) is 6.54 Å². The molecule has 0 aliphatic carbocycles. The van der Waals surface area contributed by atoms with E-state index in [1.54, 1.807) is 6.92 Å². The molecule has 0 bridgehead atoms. The number of aryl methyl sites for hydroxylation is 1. The maximum absolute atomic E-state index is 13.1. The number of hydrogen-bond donors (Lipinski definition) is 2. The molecule has 2 rings (SSSR count). The van der Waals surface area contributed by atoms with E-state index in [1.165, 1.54) is 6.07 Å². The number of amides is 1.